The van der Waals surface area contributed by atoms with E-state index in [0.29, 0.717) is 11.7 Å². The van der Waals surface area contributed by atoms with Crippen LogP contribution in [0.25, 0.3) is 0 Å². The summed E-state index contributed by atoms with van der Waals surface area (Å²) in [6, 6.07) is 0. The number of nitrogens with zero attached hydrogens (tertiary/aromatic N) is 1. The molecule has 0 aliphatic heterocycles. The van der Waals surface area contributed by atoms with E-state index in [1.54, 1.807) is 19.0 Å². The quantitative estimate of drug-likeness (QED) is 0.657. The minimum atomic E-state index is 0.195. The van der Waals surface area contributed by atoms with Crippen LogP contribution in [-0.4, -0.2) is 47.6 Å². The summed E-state index contributed by atoms with van der Waals surface area (Å²) in [6.45, 7) is 2.36. The smallest absolute Gasteiger partial charge is 0.222 e. The van der Waals surface area contributed by atoms with Crippen molar-refractivity contribution in [2.24, 2.45) is 0 Å². The average Bonchev–Trinajstić information content (AvgIpc) is 2.12. The minimum Gasteiger partial charge on any atom is -0.396 e. The first-order valence-corrected chi connectivity index (χ1v) is 6.05. The minimum absolute atomic E-state index is 0.195. The van der Waals surface area contributed by atoms with Gasteiger partial charge >= 0.3 is 0 Å². The maximum Gasteiger partial charge on any atom is 0.222 e. The highest BCUT2D eigenvalue weighted by Gasteiger charge is 2.05. The highest BCUT2D eigenvalue weighted by atomic mass is 32.2. The van der Waals surface area contributed by atoms with Gasteiger partial charge in [-0.15, -0.1) is 0 Å². The van der Waals surface area contributed by atoms with E-state index in [2.05, 4.69) is 6.92 Å². The van der Waals surface area contributed by atoms with E-state index < -0.39 is 0 Å². The van der Waals surface area contributed by atoms with Gasteiger partial charge in [0.1, 0.15) is 0 Å². The molecule has 0 rings (SSSR count). The zero-order valence-electron chi connectivity index (χ0n) is 9.32. The Labute approximate surface area is 90.9 Å². The Kier molecular flexibility index (Phi) is 7.99. The molecule has 0 bridgehead atoms. The molecule has 0 fully saturated rings. The number of amides is 1. The molecular formula is C10H21NO2S. The predicted molar refractivity (Wildman–Crippen MR) is 61.6 cm³/mol. The number of thioether (sulfide) groups is 1. The molecule has 1 amide bonds. The third-order valence-electron chi connectivity index (χ3n) is 1.97. The van der Waals surface area contributed by atoms with E-state index in [1.807, 2.05) is 11.8 Å². The number of carbonyl (C=O) groups excluding carboxylic acids is 1. The first kappa shape index (κ1) is 13.8. The lowest BCUT2D eigenvalue weighted by Crippen LogP contribution is -2.21. The molecule has 0 aromatic rings. The van der Waals surface area contributed by atoms with Gasteiger partial charge < -0.3 is 10.0 Å². The fourth-order valence-corrected chi connectivity index (χ4v) is 1.98. The highest BCUT2D eigenvalue weighted by Crippen LogP contribution is 2.15. The second-order valence-corrected chi connectivity index (χ2v) is 5.13. The van der Waals surface area contributed by atoms with Gasteiger partial charge in [-0.3, -0.25) is 4.79 Å². The molecule has 0 spiro atoms. The molecule has 0 heterocycles. The number of aliphatic hydroxyl groups excluding tert-OH is 1. The topological polar surface area (TPSA) is 40.5 Å². The molecule has 84 valence electrons. The first-order valence-electron chi connectivity index (χ1n) is 5.00. The van der Waals surface area contributed by atoms with Crippen LogP contribution in [0.15, 0.2) is 0 Å². The fourth-order valence-electron chi connectivity index (χ4n) is 0.997. The van der Waals surface area contributed by atoms with E-state index in [-0.39, 0.29) is 12.5 Å². The number of rotatable bonds is 7. The van der Waals surface area contributed by atoms with Gasteiger partial charge in [-0.05, 0) is 18.6 Å². The van der Waals surface area contributed by atoms with Gasteiger partial charge in [0.2, 0.25) is 5.91 Å². The van der Waals surface area contributed by atoms with Crippen molar-refractivity contribution in [1.82, 2.24) is 4.90 Å². The van der Waals surface area contributed by atoms with Crippen LogP contribution in [0, 0.1) is 0 Å². The van der Waals surface area contributed by atoms with Crippen molar-refractivity contribution in [2.75, 3.05) is 26.5 Å². The Bertz CT molecular complexity index is 162. The van der Waals surface area contributed by atoms with Crippen molar-refractivity contribution in [3.05, 3.63) is 0 Å². The Morgan fingerprint density at radius 2 is 2.14 bits per heavy atom. The van der Waals surface area contributed by atoms with Gasteiger partial charge in [0.15, 0.2) is 0 Å². The zero-order valence-corrected chi connectivity index (χ0v) is 10.1. The number of carbonyl (C=O) groups is 1. The summed E-state index contributed by atoms with van der Waals surface area (Å²) in [5.74, 6) is 1.20. The standard InChI is InChI=1S/C10H21NO2S/c1-9(6-7-12)14-8-4-5-10(13)11(2)3/h9,12H,4-8H2,1-3H3. The Hall–Kier alpha value is -0.220. The molecule has 1 N–H and O–H groups in total. The zero-order chi connectivity index (χ0) is 11.0. The van der Waals surface area contributed by atoms with Crippen LogP contribution in [-0.2, 0) is 4.79 Å². The molecule has 0 aliphatic carbocycles. The van der Waals surface area contributed by atoms with Gasteiger partial charge in [0, 0.05) is 32.4 Å². The fraction of sp³-hybridized carbons (Fsp3) is 0.900. The molecular weight excluding hydrogens is 198 g/mol. The molecule has 0 radical (unpaired) electrons. The van der Waals surface area contributed by atoms with Gasteiger partial charge in [-0.1, -0.05) is 6.92 Å². The number of hydrogen-bond donors (Lipinski definition) is 1. The van der Waals surface area contributed by atoms with Crippen LogP contribution in [0.1, 0.15) is 26.2 Å². The molecule has 4 heteroatoms. The molecule has 0 aromatic carbocycles. The number of aliphatic hydroxyl groups is 1. The SMILES string of the molecule is CC(CCO)SCCCC(=O)N(C)C. The van der Waals surface area contributed by atoms with Crippen LogP contribution in [0.2, 0.25) is 0 Å². The summed E-state index contributed by atoms with van der Waals surface area (Å²) >= 11 is 1.82. The molecule has 0 aliphatic rings. The first-order chi connectivity index (χ1) is 6.57. The molecule has 0 saturated carbocycles. The van der Waals surface area contributed by atoms with Gasteiger partial charge in [0.05, 0.1) is 0 Å². The third kappa shape index (κ3) is 7.21. The lowest BCUT2D eigenvalue weighted by Gasteiger charge is -2.11. The average molecular weight is 219 g/mol. The van der Waals surface area contributed by atoms with E-state index in [4.69, 9.17) is 5.11 Å². The van der Waals surface area contributed by atoms with E-state index in [0.717, 1.165) is 18.6 Å². The van der Waals surface area contributed by atoms with Crippen molar-refractivity contribution in [3.63, 3.8) is 0 Å². The monoisotopic (exact) mass is 219 g/mol. The Morgan fingerprint density at radius 3 is 2.64 bits per heavy atom. The lowest BCUT2D eigenvalue weighted by molar-refractivity contribution is -0.128. The Balaban J connectivity index is 3.33. The van der Waals surface area contributed by atoms with Crippen LogP contribution < -0.4 is 0 Å². The summed E-state index contributed by atoms with van der Waals surface area (Å²) in [4.78, 5) is 12.8. The van der Waals surface area contributed by atoms with E-state index in [1.165, 1.54) is 0 Å². The van der Waals surface area contributed by atoms with Crippen LogP contribution in [0.4, 0.5) is 0 Å². The lowest BCUT2D eigenvalue weighted by atomic mass is 10.3. The molecule has 3 nitrogen and oxygen atoms in total. The van der Waals surface area contributed by atoms with Crippen LogP contribution in [0.3, 0.4) is 0 Å². The summed E-state index contributed by atoms with van der Waals surface area (Å²) < 4.78 is 0. The normalized spacial score (nSPS) is 12.6. The van der Waals surface area contributed by atoms with E-state index >= 15 is 0 Å². The largest absolute Gasteiger partial charge is 0.396 e. The van der Waals surface area contributed by atoms with Gasteiger partial charge in [-0.25, -0.2) is 0 Å². The second kappa shape index (κ2) is 8.12. The predicted octanol–water partition coefficient (Wildman–Crippen LogP) is 1.36. The summed E-state index contributed by atoms with van der Waals surface area (Å²) in [6.07, 6.45) is 2.40. The van der Waals surface area contributed by atoms with Crippen molar-refractivity contribution in [3.8, 4) is 0 Å². The van der Waals surface area contributed by atoms with Gasteiger partial charge in [0.25, 0.3) is 0 Å². The van der Waals surface area contributed by atoms with Crippen molar-refractivity contribution in [1.29, 1.82) is 0 Å². The van der Waals surface area contributed by atoms with Crippen molar-refractivity contribution < 1.29 is 9.90 Å². The number of hydrogen-bond acceptors (Lipinski definition) is 3. The van der Waals surface area contributed by atoms with Gasteiger partial charge in [-0.2, -0.15) is 11.8 Å². The molecule has 0 saturated heterocycles. The second-order valence-electron chi connectivity index (χ2n) is 3.59. The molecule has 1 atom stereocenters. The highest BCUT2D eigenvalue weighted by molar-refractivity contribution is 7.99. The molecule has 1 unspecified atom stereocenters. The Morgan fingerprint density at radius 1 is 1.50 bits per heavy atom. The maximum absolute atomic E-state index is 11.2. The summed E-state index contributed by atoms with van der Waals surface area (Å²) in [5, 5.41) is 9.17. The van der Waals surface area contributed by atoms with E-state index in [9.17, 15) is 4.79 Å². The summed E-state index contributed by atoms with van der Waals surface area (Å²) in [5.41, 5.74) is 0. The van der Waals surface area contributed by atoms with Crippen molar-refractivity contribution in [2.45, 2.75) is 31.4 Å². The van der Waals surface area contributed by atoms with Crippen molar-refractivity contribution >= 4 is 17.7 Å². The molecule has 0 aromatic heterocycles. The van der Waals surface area contributed by atoms with Crippen LogP contribution in [0.5, 0.6) is 0 Å². The van der Waals surface area contributed by atoms with Crippen LogP contribution >= 0.6 is 11.8 Å². The maximum atomic E-state index is 11.2. The third-order valence-corrected chi connectivity index (χ3v) is 3.30. The summed E-state index contributed by atoms with van der Waals surface area (Å²) in [7, 11) is 3.56. The molecule has 14 heavy (non-hydrogen) atoms.